The summed E-state index contributed by atoms with van der Waals surface area (Å²) >= 11 is 0. The molecule has 122 valence electrons. The molecule has 0 radical (unpaired) electrons. The van der Waals surface area contributed by atoms with Crippen molar-refractivity contribution in [2.75, 3.05) is 13.7 Å². The summed E-state index contributed by atoms with van der Waals surface area (Å²) in [7, 11) is 1.65. The van der Waals surface area contributed by atoms with Gasteiger partial charge in [0, 0.05) is 24.9 Å². The SMILES string of the molecule is COc1cccc(C2CN(C(=O)c3cc[nH]c3)Cc3[nH]cnc32)c1. The van der Waals surface area contributed by atoms with E-state index in [-0.39, 0.29) is 11.8 Å². The fourth-order valence-corrected chi connectivity index (χ4v) is 3.24. The van der Waals surface area contributed by atoms with Crippen molar-refractivity contribution >= 4 is 5.91 Å². The number of methoxy groups -OCH3 is 1. The highest BCUT2D eigenvalue weighted by Gasteiger charge is 2.32. The summed E-state index contributed by atoms with van der Waals surface area (Å²) in [4.78, 5) is 25.2. The number of hydrogen-bond donors (Lipinski definition) is 2. The minimum atomic E-state index is 0.0180. The molecule has 6 heteroatoms. The number of imidazole rings is 1. The molecule has 1 unspecified atom stereocenters. The number of ether oxygens (including phenoxy) is 1. The van der Waals surface area contributed by atoms with Crippen LogP contribution >= 0.6 is 0 Å². The van der Waals surface area contributed by atoms with Crippen molar-refractivity contribution in [3.8, 4) is 5.75 Å². The van der Waals surface area contributed by atoms with E-state index < -0.39 is 0 Å². The third-order valence-electron chi connectivity index (χ3n) is 4.46. The molecule has 4 rings (SSSR count). The van der Waals surface area contributed by atoms with Crippen LogP contribution in [0.25, 0.3) is 0 Å². The Morgan fingerprint density at radius 2 is 2.29 bits per heavy atom. The van der Waals surface area contributed by atoms with Crippen molar-refractivity contribution in [1.82, 2.24) is 19.9 Å². The highest BCUT2D eigenvalue weighted by Crippen LogP contribution is 2.33. The number of hydrogen-bond acceptors (Lipinski definition) is 3. The second kappa shape index (κ2) is 5.88. The normalized spacial score (nSPS) is 16.7. The smallest absolute Gasteiger partial charge is 0.255 e. The molecule has 2 aromatic heterocycles. The Hall–Kier alpha value is -3.02. The molecule has 0 saturated carbocycles. The molecule has 1 atom stereocenters. The Labute approximate surface area is 139 Å². The number of nitrogens with one attached hydrogen (secondary N) is 2. The molecule has 0 saturated heterocycles. The van der Waals surface area contributed by atoms with Crippen LogP contribution in [0.3, 0.4) is 0 Å². The zero-order chi connectivity index (χ0) is 16.5. The standard InChI is InChI=1S/C18H18N4O2/c1-24-14-4-2-3-12(7-14)15-9-22(10-16-17(15)21-11-20-16)18(23)13-5-6-19-8-13/h2-8,11,15,19H,9-10H2,1H3,(H,20,21). The molecule has 2 N–H and O–H groups in total. The van der Waals surface area contributed by atoms with E-state index in [0.29, 0.717) is 18.7 Å². The summed E-state index contributed by atoms with van der Waals surface area (Å²) in [6.07, 6.45) is 5.19. The van der Waals surface area contributed by atoms with Gasteiger partial charge in [0.15, 0.2) is 0 Å². The van der Waals surface area contributed by atoms with E-state index in [4.69, 9.17) is 4.74 Å². The largest absolute Gasteiger partial charge is 0.497 e. The Balaban J connectivity index is 1.70. The van der Waals surface area contributed by atoms with Gasteiger partial charge in [-0.25, -0.2) is 4.98 Å². The summed E-state index contributed by atoms with van der Waals surface area (Å²) in [5.41, 5.74) is 3.75. The van der Waals surface area contributed by atoms with Gasteiger partial charge in [-0.05, 0) is 23.8 Å². The minimum Gasteiger partial charge on any atom is -0.497 e. The maximum absolute atomic E-state index is 12.7. The Kier molecular flexibility index (Phi) is 3.57. The minimum absolute atomic E-state index is 0.0180. The molecule has 24 heavy (non-hydrogen) atoms. The molecule has 6 nitrogen and oxygen atoms in total. The van der Waals surface area contributed by atoms with Gasteiger partial charge < -0.3 is 19.6 Å². The first kappa shape index (κ1) is 14.6. The molecular weight excluding hydrogens is 304 g/mol. The maximum Gasteiger partial charge on any atom is 0.255 e. The Morgan fingerprint density at radius 1 is 1.38 bits per heavy atom. The number of amides is 1. The second-order valence-electron chi connectivity index (χ2n) is 5.88. The first-order valence-electron chi connectivity index (χ1n) is 7.84. The third kappa shape index (κ3) is 2.46. The average molecular weight is 322 g/mol. The maximum atomic E-state index is 12.7. The van der Waals surface area contributed by atoms with E-state index in [9.17, 15) is 4.79 Å². The van der Waals surface area contributed by atoms with Gasteiger partial charge in [0.25, 0.3) is 5.91 Å². The first-order valence-corrected chi connectivity index (χ1v) is 7.84. The fourth-order valence-electron chi connectivity index (χ4n) is 3.24. The van der Waals surface area contributed by atoms with Gasteiger partial charge in [-0.15, -0.1) is 0 Å². The fraction of sp³-hybridized carbons (Fsp3) is 0.222. The van der Waals surface area contributed by atoms with Gasteiger partial charge in [-0.3, -0.25) is 4.79 Å². The predicted molar refractivity (Wildman–Crippen MR) is 89.0 cm³/mol. The molecule has 0 fully saturated rings. The number of fused-ring (bicyclic) bond motifs is 1. The Bertz CT molecular complexity index is 854. The van der Waals surface area contributed by atoms with E-state index in [0.717, 1.165) is 22.7 Å². The zero-order valence-electron chi connectivity index (χ0n) is 13.3. The predicted octanol–water partition coefficient (Wildman–Crippen LogP) is 2.53. The van der Waals surface area contributed by atoms with Crippen molar-refractivity contribution < 1.29 is 9.53 Å². The van der Waals surface area contributed by atoms with E-state index in [1.54, 1.807) is 31.9 Å². The van der Waals surface area contributed by atoms with Crippen LogP contribution in [-0.2, 0) is 6.54 Å². The molecule has 1 aliphatic heterocycles. The van der Waals surface area contributed by atoms with Crippen molar-refractivity contribution in [1.29, 1.82) is 0 Å². The molecule has 3 aromatic rings. The monoisotopic (exact) mass is 322 g/mol. The van der Waals surface area contributed by atoms with Crippen LogP contribution in [-0.4, -0.2) is 39.4 Å². The topological polar surface area (TPSA) is 74.0 Å². The second-order valence-corrected chi connectivity index (χ2v) is 5.88. The first-order chi connectivity index (χ1) is 11.8. The highest BCUT2D eigenvalue weighted by molar-refractivity contribution is 5.94. The number of carbonyl (C=O) groups is 1. The van der Waals surface area contributed by atoms with E-state index >= 15 is 0 Å². The molecule has 0 bridgehead atoms. The van der Waals surface area contributed by atoms with Crippen molar-refractivity contribution in [3.05, 3.63) is 71.6 Å². The summed E-state index contributed by atoms with van der Waals surface area (Å²) in [5.74, 6) is 0.848. The molecule has 1 aliphatic rings. The number of benzene rings is 1. The van der Waals surface area contributed by atoms with Gasteiger partial charge in [0.05, 0.1) is 36.9 Å². The van der Waals surface area contributed by atoms with E-state index in [1.807, 2.05) is 23.1 Å². The number of H-pyrrole nitrogens is 2. The van der Waals surface area contributed by atoms with Crippen LogP contribution in [0.4, 0.5) is 0 Å². The molecule has 1 aromatic carbocycles. The van der Waals surface area contributed by atoms with Crippen LogP contribution < -0.4 is 4.74 Å². The summed E-state index contributed by atoms with van der Waals surface area (Å²) in [6, 6.07) is 9.74. The summed E-state index contributed by atoms with van der Waals surface area (Å²) in [6.45, 7) is 1.13. The molecule has 0 aliphatic carbocycles. The lowest BCUT2D eigenvalue weighted by Gasteiger charge is -2.32. The molecule has 1 amide bonds. The highest BCUT2D eigenvalue weighted by atomic mass is 16.5. The zero-order valence-corrected chi connectivity index (χ0v) is 13.3. The number of rotatable bonds is 3. The number of nitrogens with zero attached hydrogens (tertiary/aromatic N) is 2. The van der Waals surface area contributed by atoms with Crippen LogP contribution in [0.1, 0.15) is 33.2 Å². The summed E-state index contributed by atoms with van der Waals surface area (Å²) in [5, 5.41) is 0. The van der Waals surface area contributed by atoms with Crippen LogP contribution in [0, 0.1) is 0 Å². The number of carbonyl (C=O) groups excluding carboxylic acids is 1. The van der Waals surface area contributed by atoms with Gasteiger partial charge in [0.1, 0.15) is 5.75 Å². The quantitative estimate of drug-likeness (QED) is 0.778. The van der Waals surface area contributed by atoms with E-state index in [1.165, 1.54) is 0 Å². The van der Waals surface area contributed by atoms with E-state index in [2.05, 4.69) is 21.0 Å². The Morgan fingerprint density at radius 3 is 3.08 bits per heavy atom. The van der Waals surface area contributed by atoms with Gasteiger partial charge >= 0.3 is 0 Å². The lowest BCUT2D eigenvalue weighted by molar-refractivity contribution is 0.0722. The summed E-state index contributed by atoms with van der Waals surface area (Å²) < 4.78 is 5.34. The number of aromatic amines is 2. The van der Waals surface area contributed by atoms with Crippen molar-refractivity contribution in [2.45, 2.75) is 12.5 Å². The van der Waals surface area contributed by atoms with Gasteiger partial charge in [-0.2, -0.15) is 0 Å². The lowest BCUT2D eigenvalue weighted by atomic mass is 9.90. The molecule has 3 heterocycles. The van der Waals surface area contributed by atoms with Crippen molar-refractivity contribution in [3.63, 3.8) is 0 Å². The average Bonchev–Trinajstić information content (AvgIpc) is 3.31. The third-order valence-corrected chi connectivity index (χ3v) is 4.46. The van der Waals surface area contributed by atoms with Gasteiger partial charge in [0.2, 0.25) is 0 Å². The van der Waals surface area contributed by atoms with Gasteiger partial charge in [-0.1, -0.05) is 12.1 Å². The van der Waals surface area contributed by atoms with Crippen molar-refractivity contribution in [2.24, 2.45) is 0 Å². The lowest BCUT2D eigenvalue weighted by Crippen LogP contribution is -2.38. The molecular formula is C18H18N4O2. The van der Waals surface area contributed by atoms with Crippen LogP contribution in [0.5, 0.6) is 5.75 Å². The van der Waals surface area contributed by atoms with Crippen LogP contribution in [0.15, 0.2) is 49.1 Å². The van der Waals surface area contributed by atoms with Crippen LogP contribution in [0.2, 0.25) is 0 Å². The molecule has 0 spiro atoms. The number of aromatic nitrogens is 3.